The average molecular weight is 174 g/mol. The van der Waals surface area contributed by atoms with Crippen molar-refractivity contribution in [2.24, 2.45) is 0 Å². The summed E-state index contributed by atoms with van der Waals surface area (Å²) in [5.74, 6) is 0.289. The van der Waals surface area contributed by atoms with Crippen molar-refractivity contribution in [2.75, 3.05) is 6.54 Å². The zero-order valence-electron chi connectivity index (χ0n) is 4.49. The molecule has 2 nitrogen and oxygen atoms in total. The summed E-state index contributed by atoms with van der Waals surface area (Å²) in [6, 6.07) is 0. The Hall–Kier alpha value is 0.444. The molecule has 0 aliphatic carbocycles. The van der Waals surface area contributed by atoms with Crippen LogP contribution < -0.4 is 5.32 Å². The first-order valence-corrected chi connectivity index (χ1v) is 1.91. The van der Waals surface area contributed by atoms with Gasteiger partial charge in [0.15, 0.2) is 0 Å². The summed E-state index contributed by atoms with van der Waals surface area (Å²) in [6.45, 7) is 6.02. The number of rotatable bonds is 2. The minimum atomic E-state index is 0. The van der Waals surface area contributed by atoms with Gasteiger partial charge in [0, 0.05) is 32.7 Å². The van der Waals surface area contributed by atoms with Crippen LogP contribution in [0.3, 0.4) is 0 Å². The molecule has 0 heterocycles. The fraction of sp³-hybridized carbons (Fsp3) is 0.500. The van der Waals surface area contributed by atoms with E-state index >= 15 is 0 Å². The molecule has 0 unspecified atom stereocenters. The van der Waals surface area contributed by atoms with E-state index in [1.165, 1.54) is 0 Å². The monoisotopic (exact) mass is 174 g/mol. The van der Waals surface area contributed by atoms with E-state index in [1.807, 2.05) is 6.92 Å². The largest absolute Gasteiger partial charge is 0.483 e. The molecule has 2 N–H and O–H groups in total. The SMILES string of the molecule is C=C([NH-])NCC.[Y]. The van der Waals surface area contributed by atoms with Crippen molar-refractivity contribution in [1.82, 2.24) is 5.32 Å². The van der Waals surface area contributed by atoms with Crippen LogP contribution in [0.1, 0.15) is 6.92 Å². The van der Waals surface area contributed by atoms with Gasteiger partial charge in [-0.15, -0.1) is 6.58 Å². The average Bonchev–Trinajstić information content (AvgIpc) is 1.35. The second-order valence-corrected chi connectivity index (χ2v) is 1.01. The molecule has 0 aromatic rings. The number of hydrogen-bond donors (Lipinski definition) is 1. The van der Waals surface area contributed by atoms with Crippen LogP contribution in [-0.2, 0) is 32.7 Å². The summed E-state index contributed by atoms with van der Waals surface area (Å²) in [6.07, 6.45) is 0. The van der Waals surface area contributed by atoms with Crippen LogP contribution in [0.4, 0.5) is 0 Å². The van der Waals surface area contributed by atoms with Gasteiger partial charge >= 0.3 is 0 Å². The fourth-order valence-electron chi connectivity index (χ4n) is 0.213. The van der Waals surface area contributed by atoms with E-state index < -0.39 is 0 Å². The summed E-state index contributed by atoms with van der Waals surface area (Å²) in [5, 5.41) is 2.68. The van der Waals surface area contributed by atoms with Gasteiger partial charge in [-0.3, -0.25) is 0 Å². The van der Waals surface area contributed by atoms with E-state index in [2.05, 4.69) is 11.9 Å². The molecule has 7 heavy (non-hydrogen) atoms. The van der Waals surface area contributed by atoms with E-state index in [9.17, 15) is 0 Å². The van der Waals surface area contributed by atoms with Crippen LogP contribution in [0.15, 0.2) is 12.4 Å². The van der Waals surface area contributed by atoms with Gasteiger partial charge in [-0.25, -0.2) is 0 Å². The molecule has 0 aromatic carbocycles. The maximum Gasteiger partial charge on any atom is 0 e. The maximum atomic E-state index is 6.67. The molecule has 1 radical (unpaired) electrons. The van der Waals surface area contributed by atoms with Crippen LogP contribution >= 0.6 is 0 Å². The smallest absolute Gasteiger partial charge is 0 e. The normalized spacial score (nSPS) is 6.43. The Morgan fingerprint density at radius 3 is 2.29 bits per heavy atom. The van der Waals surface area contributed by atoms with E-state index in [0.717, 1.165) is 6.54 Å². The topological polar surface area (TPSA) is 35.8 Å². The van der Waals surface area contributed by atoms with E-state index in [-0.39, 0.29) is 38.5 Å². The summed E-state index contributed by atoms with van der Waals surface area (Å²) < 4.78 is 0. The third kappa shape index (κ3) is 10.7. The molecule has 0 rings (SSSR count). The Bertz CT molecular complexity index is 53.7. The number of hydrogen-bond acceptors (Lipinski definition) is 1. The van der Waals surface area contributed by atoms with Crippen molar-refractivity contribution in [3.8, 4) is 0 Å². The summed E-state index contributed by atoms with van der Waals surface area (Å²) in [4.78, 5) is 0. The van der Waals surface area contributed by atoms with Gasteiger partial charge in [-0.2, -0.15) is 0 Å². The maximum absolute atomic E-state index is 6.67. The second-order valence-electron chi connectivity index (χ2n) is 1.01. The van der Waals surface area contributed by atoms with Crippen molar-refractivity contribution in [3.63, 3.8) is 0 Å². The molecule has 3 heteroatoms. The Labute approximate surface area is 69.4 Å². The molecule has 39 valence electrons. The minimum Gasteiger partial charge on any atom is -0.483 e. The first kappa shape index (κ1) is 10.4. The standard InChI is InChI=1S/C4H9N2.Y/c1-3-6-4(2)5;/h5-6H,2-3H2,1H3;/q-1;. The van der Waals surface area contributed by atoms with Gasteiger partial charge < -0.3 is 11.1 Å². The molecule has 0 saturated heterocycles. The third-order valence-corrected chi connectivity index (χ3v) is 0.390. The molecule has 0 aliphatic rings. The van der Waals surface area contributed by atoms with Crippen LogP contribution in [0.5, 0.6) is 0 Å². The fourth-order valence-corrected chi connectivity index (χ4v) is 0.213. The van der Waals surface area contributed by atoms with Gasteiger partial charge in [0.05, 0.1) is 0 Å². The van der Waals surface area contributed by atoms with Crippen molar-refractivity contribution >= 4 is 0 Å². The quantitative estimate of drug-likeness (QED) is 0.668. The summed E-state index contributed by atoms with van der Waals surface area (Å²) >= 11 is 0. The molecule has 0 spiro atoms. The Morgan fingerprint density at radius 2 is 2.29 bits per heavy atom. The minimum absolute atomic E-state index is 0. The number of nitrogens with one attached hydrogen (secondary N) is 2. The molecule has 0 amide bonds. The third-order valence-electron chi connectivity index (χ3n) is 0.390. The molecular weight excluding hydrogens is 165 g/mol. The van der Waals surface area contributed by atoms with Crippen LogP contribution in [0.25, 0.3) is 5.73 Å². The molecule has 0 saturated carbocycles. The van der Waals surface area contributed by atoms with Crippen molar-refractivity contribution in [1.29, 1.82) is 0 Å². The zero-order chi connectivity index (χ0) is 4.99. The predicted octanol–water partition coefficient (Wildman–Crippen LogP) is 1.12. The van der Waals surface area contributed by atoms with Crippen molar-refractivity contribution in [2.45, 2.75) is 6.92 Å². The van der Waals surface area contributed by atoms with E-state index in [0.29, 0.717) is 0 Å². The van der Waals surface area contributed by atoms with Gasteiger partial charge in [-0.1, -0.05) is 19.3 Å². The van der Waals surface area contributed by atoms with Gasteiger partial charge in [0.2, 0.25) is 0 Å². The molecule has 0 bridgehead atoms. The zero-order valence-corrected chi connectivity index (χ0v) is 7.33. The van der Waals surface area contributed by atoms with Crippen molar-refractivity contribution < 1.29 is 32.7 Å². The Morgan fingerprint density at radius 1 is 1.86 bits per heavy atom. The van der Waals surface area contributed by atoms with Crippen LogP contribution in [0, 0.1) is 0 Å². The Kier molecular flexibility index (Phi) is 9.60. The Balaban J connectivity index is 0. The summed E-state index contributed by atoms with van der Waals surface area (Å²) in [7, 11) is 0. The first-order valence-electron chi connectivity index (χ1n) is 1.91. The van der Waals surface area contributed by atoms with Gasteiger partial charge in [-0.05, 0) is 0 Å². The van der Waals surface area contributed by atoms with Crippen LogP contribution in [-0.4, -0.2) is 6.54 Å². The molecule has 0 atom stereocenters. The van der Waals surface area contributed by atoms with Crippen molar-refractivity contribution in [3.05, 3.63) is 18.1 Å². The van der Waals surface area contributed by atoms with Gasteiger partial charge in [0.25, 0.3) is 0 Å². The van der Waals surface area contributed by atoms with E-state index in [1.54, 1.807) is 0 Å². The summed E-state index contributed by atoms with van der Waals surface area (Å²) in [5.41, 5.74) is 6.67. The molecule has 0 aromatic heterocycles. The molecular formula is C4H9N2Y-. The molecule has 0 aliphatic heterocycles. The second kappa shape index (κ2) is 6.44. The van der Waals surface area contributed by atoms with Gasteiger partial charge in [0.1, 0.15) is 0 Å². The molecule has 0 fully saturated rings. The predicted molar refractivity (Wildman–Crippen MR) is 27.1 cm³/mol. The van der Waals surface area contributed by atoms with E-state index in [4.69, 9.17) is 5.73 Å². The van der Waals surface area contributed by atoms with Crippen LogP contribution in [0.2, 0.25) is 0 Å². The first-order chi connectivity index (χ1) is 2.77.